The molecule has 2 saturated heterocycles. The maximum absolute atomic E-state index is 12.4. The van der Waals surface area contributed by atoms with Crippen LogP contribution in [0.3, 0.4) is 0 Å². The van der Waals surface area contributed by atoms with E-state index in [9.17, 15) is 9.59 Å². The Labute approximate surface area is 137 Å². The highest BCUT2D eigenvalue weighted by molar-refractivity contribution is 5.76. The van der Waals surface area contributed by atoms with Crippen molar-refractivity contribution in [2.75, 3.05) is 18.0 Å². The number of aldehydes is 1. The molecule has 23 heavy (non-hydrogen) atoms. The lowest BCUT2D eigenvalue weighted by Gasteiger charge is -2.42. The van der Waals surface area contributed by atoms with E-state index in [0.717, 1.165) is 37.9 Å². The molecule has 5 nitrogen and oxygen atoms in total. The molecule has 0 radical (unpaired) electrons. The zero-order chi connectivity index (χ0) is 16.6. The van der Waals surface area contributed by atoms with Gasteiger partial charge in [-0.15, -0.1) is 0 Å². The lowest BCUT2D eigenvalue weighted by Crippen LogP contribution is -2.56. The van der Waals surface area contributed by atoms with Gasteiger partial charge in [0.25, 0.3) is 0 Å². The molecule has 2 heterocycles. The van der Waals surface area contributed by atoms with Gasteiger partial charge < -0.3 is 9.64 Å². The van der Waals surface area contributed by atoms with Gasteiger partial charge >= 0.3 is 6.09 Å². The Balaban J connectivity index is 1.71. The topological polar surface area (TPSA) is 49.9 Å². The van der Waals surface area contributed by atoms with Crippen molar-refractivity contribution in [1.82, 2.24) is 4.90 Å². The molecule has 5 heteroatoms. The number of carbonyl (C=O) groups is 2. The molecule has 2 fully saturated rings. The summed E-state index contributed by atoms with van der Waals surface area (Å²) in [4.78, 5) is 27.5. The number of piperazine rings is 1. The number of fused-ring (bicyclic) bond motifs is 2. The average molecular weight is 316 g/mol. The summed E-state index contributed by atoms with van der Waals surface area (Å²) in [7, 11) is 0. The second kappa shape index (κ2) is 5.87. The van der Waals surface area contributed by atoms with Crippen molar-refractivity contribution in [1.29, 1.82) is 0 Å². The zero-order valence-electron chi connectivity index (χ0n) is 14.0. The first-order valence-corrected chi connectivity index (χ1v) is 8.19. The zero-order valence-corrected chi connectivity index (χ0v) is 14.0. The molecule has 1 aromatic carbocycles. The smallest absolute Gasteiger partial charge is 0.410 e. The Hall–Kier alpha value is -2.04. The van der Waals surface area contributed by atoms with Gasteiger partial charge in [0.2, 0.25) is 0 Å². The van der Waals surface area contributed by atoms with Crippen molar-refractivity contribution in [3.63, 3.8) is 0 Å². The predicted molar refractivity (Wildman–Crippen MR) is 88.9 cm³/mol. The highest BCUT2D eigenvalue weighted by atomic mass is 16.6. The molecule has 2 atom stereocenters. The van der Waals surface area contributed by atoms with Crippen LogP contribution in [0.4, 0.5) is 10.5 Å². The van der Waals surface area contributed by atoms with Crippen LogP contribution in [-0.4, -0.2) is 48.1 Å². The van der Waals surface area contributed by atoms with Crippen LogP contribution in [0.25, 0.3) is 0 Å². The molecule has 124 valence electrons. The van der Waals surface area contributed by atoms with Gasteiger partial charge in [0, 0.05) is 24.3 Å². The van der Waals surface area contributed by atoms with Crippen LogP contribution >= 0.6 is 0 Å². The van der Waals surface area contributed by atoms with E-state index in [2.05, 4.69) is 4.90 Å². The number of anilines is 1. The Morgan fingerprint density at radius 3 is 2.17 bits per heavy atom. The summed E-state index contributed by atoms with van der Waals surface area (Å²) in [6.07, 6.45) is 2.70. The molecular formula is C18H24N2O3. The number of carbonyl (C=O) groups excluding carboxylic acids is 2. The van der Waals surface area contributed by atoms with Crippen LogP contribution in [0, 0.1) is 0 Å². The lowest BCUT2D eigenvalue weighted by molar-refractivity contribution is 0.0123. The second-order valence-electron chi connectivity index (χ2n) is 7.39. The molecule has 2 bridgehead atoms. The molecule has 2 aliphatic rings. The van der Waals surface area contributed by atoms with E-state index in [1.54, 1.807) is 0 Å². The molecule has 1 amide bonds. The predicted octanol–water partition coefficient (Wildman–Crippen LogP) is 3.09. The molecule has 0 spiro atoms. The number of benzene rings is 1. The Morgan fingerprint density at radius 2 is 1.70 bits per heavy atom. The number of ether oxygens (including phenoxy) is 1. The van der Waals surface area contributed by atoms with E-state index in [0.29, 0.717) is 5.56 Å². The van der Waals surface area contributed by atoms with Gasteiger partial charge in [-0.25, -0.2) is 4.79 Å². The van der Waals surface area contributed by atoms with Gasteiger partial charge in [-0.1, -0.05) is 0 Å². The highest BCUT2D eigenvalue weighted by Gasteiger charge is 2.44. The van der Waals surface area contributed by atoms with Crippen molar-refractivity contribution in [2.24, 2.45) is 0 Å². The summed E-state index contributed by atoms with van der Waals surface area (Å²) in [6.45, 7) is 7.33. The minimum absolute atomic E-state index is 0.194. The van der Waals surface area contributed by atoms with E-state index < -0.39 is 5.60 Å². The minimum Gasteiger partial charge on any atom is -0.444 e. The molecule has 1 aromatic rings. The molecule has 0 aliphatic carbocycles. The van der Waals surface area contributed by atoms with Crippen molar-refractivity contribution in [2.45, 2.75) is 51.3 Å². The summed E-state index contributed by atoms with van der Waals surface area (Å²) in [6, 6.07) is 8.04. The minimum atomic E-state index is -0.460. The number of amides is 1. The third kappa shape index (κ3) is 3.33. The van der Waals surface area contributed by atoms with Crippen molar-refractivity contribution >= 4 is 18.1 Å². The van der Waals surface area contributed by atoms with E-state index in [1.165, 1.54) is 0 Å². The number of hydrogen-bond donors (Lipinski definition) is 0. The first-order chi connectivity index (χ1) is 10.9. The van der Waals surface area contributed by atoms with E-state index in [4.69, 9.17) is 4.74 Å². The van der Waals surface area contributed by atoms with E-state index in [1.807, 2.05) is 49.9 Å². The van der Waals surface area contributed by atoms with Crippen LogP contribution < -0.4 is 4.90 Å². The fourth-order valence-electron chi connectivity index (χ4n) is 3.49. The van der Waals surface area contributed by atoms with E-state index in [-0.39, 0.29) is 18.2 Å². The molecule has 0 saturated carbocycles. The third-order valence-corrected chi connectivity index (χ3v) is 4.48. The monoisotopic (exact) mass is 316 g/mol. The van der Waals surface area contributed by atoms with Crippen LogP contribution in [0.2, 0.25) is 0 Å². The van der Waals surface area contributed by atoms with Gasteiger partial charge in [0.1, 0.15) is 11.9 Å². The van der Waals surface area contributed by atoms with Crippen molar-refractivity contribution < 1.29 is 14.3 Å². The first kappa shape index (κ1) is 15.8. The normalized spacial score (nSPS) is 23.8. The van der Waals surface area contributed by atoms with Crippen molar-refractivity contribution in [3.8, 4) is 0 Å². The molecule has 2 unspecified atom stereocenters. The van der Waals surface area contributed by atoms with Crippen LogP contribution in [0.5, 0.6) is 0 Å². The Morgan fingerprint density at radius 1 is 1.13 bits per heavy atom. The second-order valence-corrected chi connectivity index (χ2v) is 7.39. The summed E-state index contributed by atoms with van der Waals surface area (Å²) in [5.74, 6) is 0. The van der Waals surface area contributed by atoms with Crippen LogP contribution in [0.15, 0.2) is 24.3 Å². The lowest BCUT2D eigenvalue weighted by atomic mass is 10.1. The van der Waals surface area contributed by atoms with Crippen LogP contribution in [-0.2, 0) is 4.74 Å². The summed E-state index contributed by atoms with van der Waals surface area (Å²) < 4.78 is 5.56. The SMILES string of the molecule is CC(C)(C)OC(=O)N1C2CCC1CN(c1ccc(C=O)cc1)C2. The highest BCUT2D eigenvalue weighted by Crippen LogP contribution is 2.33. The molecule has 0 aromatic heterocycles. The van der Waals surface area contributed by atoms with Crippen molar-refractivity contribution in [3.05, 3.63) is 29.8 Å². The quantitative estimate of drug-likeness (QED) is 0.787. The Bertz CT molecular complexity index is 577. The third-order valence-electron chi connectivity index (χ3n) is 4.48. The molecule has 3 rings (SSSR count). The fourth-order valence-corrected chi connectivity index (χ4v) is 3.49. The van der Waals surface area contributed by atoms with Gasteiger partial charge in [0.05, 0.1) is 12.1 Å². The van der Waals surface area contributed by atoms with E-state index >= 15 is 0 Å². The number of nitrogens with zero attached hydrogens (tertiary/aromatic N) is 2. The first-order valence-electron chi connectivity index (χ1n) is 8.19. The summed E-state index contributed by atoms with van der Waals surface area (Å²) in [5.41, 5.74) is 1.33. The van der Waals surface area contributed by atoms with Gasteiger partial charge in [-0.3, -0.25) is 9.69 Å². The standard InChI is InChI=1S/C18H24N2O3/c1-18(2,3)23-17(22)20-15-8-9-16(20)11-19(10-15)14-6-4-13(12-21)5-7-14/h4-7,12,15-16H,8-11H2,1-3H3. The maximum Gasteiger partial charge on any atom is 0.410 e. The van der Waals surface area contributed by atoms with Gasteiger partial charge in [0.15, 0.2) is 0 Å². The van der Waals surface area contributed by atoms with Gasteiger partial charge in [-0.2, -0.15) is 0 Å². The van der Waals surface area contributed by atoms with Gasteiger partial charge in [-0.05, 0) is 57.9 Å². The molecule has 2 aliphatic heterocycles. The number of rotatable bonds is 2. The average Bonchev–Trinajstić information content (AvgIpc) is 2.76. The van der Waals surface area contributed by atoms with Crippen LogP contribution in [0.1, 0.15) is 44.0 Å². The summed E-state index contributed by atoms with van der Waals surface area (Å²) >= 11 is 0. The number of hydrogen-bond acceptors (Lipinski definition) is 4. The fraction of sp³-hybridized carbons (Fsp3) is 0.556. The summed E-state index contributed by atoms with van der Waals surface area (Å²) in [5, 5.41) is 0. The maximum atomic E-state index is 12.4. The Kier molecular flexibility index (Phi) is 4.04. The largest absolute Gasteiger partial charge is 0.444 e. The molecule has 0 N–H and O–H groups in total. The molecular weight excluding hydrogens is 292 g/mol.